The number of carbonyl (C=O) groups is 2. The Morgan fingerprint density at radius 3 is 2.08 bits per heavy atom. The number of rotatable bonds is 4. The van der Waals surface area contributed by atoms with Crippen LogP contribution >= 0.6 is 0 Å². The summed E-state index contributed by atoms with van der Waals surface area (Å²) in [5, 5.41) is 8.85. The molecule has 0 rings (SSSR count). The molecule has 0 aliphatic heterocycles. The second kappa shape index (κ2) is 4.84. The van der Waals surface area contributed by atoms with Gasteiger partial charge in [-0.05, 0) is 5.92 Å². The van der Waals surface area contributed by atoms with Crippen LogP contribution in [0.1, 0.15) is 20.3 Å². The molecule has 0 saturated heterocycles. The third kappa shape index (κ3) is 3.05. The first-order valence-electron chi connectivity index (χ1n) is 4.35. The topological polar surface area (TPSA) is 57.6 Å². The monoisotopic (exact) mass is 187 g/mol. The summed E-state index contributed by atoms with van der Waals surface area (Å²) in [5.41, 5.74) is 0. The van der Waals surface area contributed by atoms with Crippen LogP contribution in [0, 0.1) is 11.8 Å². The molecule has 0 aliphatic carbocycles. The summed E-state index contributed by atoms with van der Waals surface area (Å²) in [4.78, 5) is 23.6. The number of carboxylic acid groups (broad SMARTS) is 1. The van der Waals surface area contributed by atoms with Crippen LogP contribution in [0.5, 0.6) is 0 Å². The Morgan fingerprint density at radius 2 is 1.85 bits per heavy atom. The molecule has 0 aliphatic rings. The van der Waals surface area contributed by atoms with Gasteiger partial charge in [0.15, 0.2) is 0 Å². The van der Waals surface area contributed by atoms with Crippen LogP contribution in [0.15, 0.2) is 0 Å². The first kappa shape index (κ1) is 11.9. The number of carboxylic acids is 1. The maximum absolute atomic E-state index is 11.4. The summed E-state index contributed by atoms with van der Waals surface area (Å²) < 4.78 is 0. The van der Waals surface area contributed by atoms with Crippen molar-refractivity contribution < 1.29 is 14.7 Å². The smallest absolute Gasteiger partial charge is 0.316 e. The van der Waals surface area contributed by atoms with Gasteiger partial charge in [-0.25, -0.2) is 0 Å². The zero-order valence-corrected chi connectivity index (χ0v) is 8.57. The standard InChI is InChI=1S/C9H17NO3/c1-5-6(2)7(9(12)13)8(11)10(3)4/h6-7H,5H2,1-4H3,(H,12,13). The maximum Gasteiger partial charge on any atom is 0.316 e. The zero-order valence-electron chi connectivity index (χ0n) is 8.57. The molecule has 2 atom stereocenters. The molecule has 0 heterocycles. The van der Waals surface area contributed by atoms with Crippen molar-refractivity contribution in [1.29, 1.82) is 0 Å². The normalized spacial score (nSPS) is 14.8. The highest BCUT2D eigenvalue weighted by atomic mass is 16.4. The molecular weight excluding hydrogens is 170 g/mol. The van der Waals surface area contributed by atoms with Gasteiger partial charge in [0.25, 0.3) is 0 Å². The highest BCUT2D eigenvalue weighted by Crippen LogP contribution is 2.17. The maximum atomic E-state index is 11.4. The van der Waals surface area contributed by atoms with E-state index in [1.807, 2.05) is 6.92 Å². The molecule has 2 unspecified atom stereocenters. The molecule has 0 aromatic rings. The van der Waals surface area contributed by atoms with E-state index in [1.54, 1.807) is 21.0 Å². The molecule has 1 N–H and O–H groups in total. The number of nitrogens with zero attached hydrogens (tertiary/aromatic N) is 1. The predicted octanol–water partition coefficient (Wildman–Crippen LogP) is 0.821. The number of aliphatic carboxylic acids is 1. The first-order valence-corrected chi connectivity index (χ1v) is 4.35. The molecule has 4 nitrogen and oxygen atoms in total. The van der Waals surface area contributed by atoms with E-state index in [4.69, 9.17) is 5.11 Å². The Hall–Kier alpha value is -1.06. The van der Waals surface area contributed by atoms with Gasteiger partial charge < -0.3 is 10.0 Å². The van der Waals surface area contributed by atoms with Crippen molar-refractivity contribution >= 4 is 11.9 Å². The van der Waals surface area contributed by atoms with Crippen LogP contribution in [0.3, 0.4) is 0 Å². The van der Waals surface area contributed by atoms with Gasteiger partial charge in [-0.3, -0.25) is 9.59 Å². The van der Waals surface area contributed by atoms with E-state index < -0.39 is 11.9 Å². The van der Waals surface area contributed by atoms with Gasteiger partial charge in [-0.15, -0.1) is 0 Å². The Morgan fingerprint density at radius 1 is 1.38 bits per heavy atom. The van der Waals surface area contributed by atoms with Crippen molar-refractivity contribution in [3.63, 3.8) is 0 Å². The van der Waals surface area contributed by atoms with E-state index in [0.29, 0.717) is 6.42 Å². The molecule has 0 spiro atoms. The lowest BCUT2D eigenvalue weighted by molar-refractivity contribution is -0.152. The van der Waals surface area contributed by atoms with Crippen LogP contribution in [0.2, 0.25) is 0 Å². The molecule has 4 heteroatoms. The Labute approximate surface area is 78.5 Å². The minimum atomic E-state index is -1.03. The van der Waals surface area contributed by atoms with Crippen molar-refractivity contribution in [2.24, 2.45) is 11.8 Å². The lowest BCUT2D eigenvalue weighted by Crippen LogP contribution is -2.38. The highest BCUT2D eigenvalue weighted by Gasteiger charge is 2.31. The minimum absolute atomic E-state index is 0.118. The van der Waals surface area contributed by atoms with Gasteiger partial charge in [-0.2, -0.15) is 0 Å². The van der Waals surface area contributed by atoms with Crippen molar-refractivity contribution in [2.45, 2.75) is 20.3 Å². The van der Waals surface area contributed by atoms with Gasteiger partial charge in [-0.1, -0.05) is 20.3 Å². The molecule has 0 bridgehead atoms. The second-order valence-corrected chi connectivity index (χ2v) is 3.43. The van der Waals surface area contributed by atoms with Gasteiger partial charge >= 0.3 is 5.97 Å². The van der Waals surface area contributed by atoms with Crippen molar-refractivity contribution in [2.75, 3.05) is 14.1 Å². The molecule has 0 aromatic heterocycles. The molecule has 13 heavy (non-hydrogen) atoms. The molecular formula is C9H17NO3. The predicted molar refractivity (Wildman–Crippen MR) is 49.3 cm³/mol. The Balaban J connectivity index is 4.61. The van der Waals surface area contributed by atoms with E-state index in [0.717, 1.165) is 0 Å². The largest absolute Gasteiger partial charge is 0.481 e. The van der Waals surface area contributed by atoms with E-state index in [1.165, 1.54) is 4.90 Å². The fourth-order valence-electron chi connectivity index (χ4n) is 1.11. The number of hydrogen-bond donors (Lipinski definition) is 1. The fourth-order valence-corrected chi connectivity index (χ4v) is 1.11. The zero-order chi connectivity index (χ0) is 10.6. The van der Waals surface area contributed by atoms with Crippen LogP contribution in [0.25, 0.3) is 0 Å². The van der Waals surface area contributed by atoms with Crippen molar-refractivity contribution in [3.8, 4) is 0 Å². The fraction of sp³-hybridized carbons (Fsp3) is 0.778. The molecule has 76 valence electrons. The summed E-state index contributed by atoms with van der Waals surface area (Å²) in [7, 11) is 3.14. The molecule has 0 saturated carbocycles. The van der Waals surface area contributed by atoms with Gasteiger partial charge in [0.1, 0.15) is 5.92 Å². The lowest BCUT2D eigenvalue weighted by atomic mass is 9.91. The first-order chi connectivity index (χ1) is 5.91. The van der Waals surface area contributed by atoms with E-state index >= 15 is 0 Å². The quantitative estimate of drug-likeness (QED) is 0.663. The summed E-state index contributed by atoms with van der Waals surface area (Å²) in [6.45, 7) is 3.66. The second-order valence-electron chi connectivity index (χ2n) is 3.43. The molecule has 0 fully saturated rings. The third-order valence-electron chi connectivity index (χ3n) is 2.19. The lowest BCUT2D eigenvalue weighted by Gasteiger charge is -2.21. The SMILES string of the molecule is CCC(C)C(C(=O)O)C(=O)N(C)C. The number of amides is 1. The number of hydrogen-bond acceptors (Lipinski definition) is 2. The molecule has 1 amide bonds. The third-order valence-corrected chi connectivity index (χ3v) is 2.19. The van der Waals surface area contributed by atoms with E-state index in [-0.39, 0.29) is 11.8 Å². The highest BCUT2D eigenvalue weighted by molar-refractivity contribution is 5.97. The van der Waals surface area contributed by atoms with Crippen molar-refractivity contribution in [1.82, 2.24) is 4.90 Å². The van der Waals surface area contributed by atoms with Crippen LogP contribution in [-0.2, 0) is 9.59 Å². The molecule has 0 aromatic carbocycles. The van der Waals surface area contributed by atoms with Crippen LogP contribution in [0.4, 0.5) is 0 Å². The van der Waals surface area contributed by atoms with E-state index in [2.05, 4.69) is 0 Å². The minimum Gasteiger partial charge on any atom is -0.481 e. The Kier molecular flexibility index (Phi) is 4.45. The van der Waals surface area contributed by atoms with Crippen LogP contribution in [-0.4, -0.2) is 36.0 Å². The summed E-state index contributed by atoms with van der Waals surface area (Å²) in [5.74, 6) is -2.39. The Bertz CT molecular complexity index is 201. The van der Waals surface area contributed by atoms with Gasteiger partial charge in [0.05, 0.1) is 0 Å². The van der Waals surface area contributed by atoms with Crippen molar-refractivity contribution in [3.05, 3.63) is 0 Å². The van der Waals surface area contributed by atoms with Gasteiger partial charge in [0.2, 0.25) is 5.91 Å². The average Bonchev–Trinajstić information content (AvgIpc) is 2.03. The van der Waals surface area contributed by atoms with Gasteiger partial charge in [0, 0.05) is 14.1 Å². The van der Waals surface area contributed by atoms with E-state index in [9.17, 15) is 9.59 Å². The summed E-state index contributed by atoms with van der Waals surface area (Å²) in [6.07, 6.45) is 0.691. The molecule has 0 radical (unpaired) electrons. The number of carbonyl (C=O) groups excluding carboxylic acids is 1. The summed E-state index contributed by atoms with van der Waals surface area (Å²) >= 11 is 0. The average molecular weight is 187 g/mol. The summed E-state index contributed by atoms with van der Waals surface area (Å²) in [6, 6.07) is 0. The van der Waals surface area contributed by atoms with Crippen LogP contribution < -0.4 is 0 Å².